The van der Waals surface area contributed by atoms with Crippen LogP contribution in [0.1, 0.15) is 25.3 Å². The molecule has 1 aromatic rings. The van der Waals surface area contributed by atoms with E-state index in [1.165, 1.54) is 25.1 Å². The van der Waals surface area contributed by atoms with Crippen molar-refractivity contribution in [1.82, 2.24) is 9.80 Å². The van der Waals surface area contributed by atoms with Gasteiger partial charge < -0.3 is 19.7 Å². The van der Waals surface area contributed by atoms with E-state index in [4.69, 9.17) is 0 Å². The Morgan fingerprint density at radius 3 is 2.45 bits per heavy atom. The second-order valence-electron chi connectivity index (χ2n) is 8.01. The number of carbonyl (C=O) groups is 3. The van der Waals surface area contributed by atoms with Crippen LogP contribution in [0.25, 0.3) is 0 Å². The fraction of sp³-hybridized carbons (Fsp3) is 0.550. The highest BCUT2D eigenvalue weighted by Crippen LogP contribution is 2.24. The molecule has 0 aliphatic carbocycles. The zero-order valence-electron chi connectivity index (χ0n) is 17.4. The molecule has 2 aliphatic rings. The minimum atomic E-state index is -1.50. The number of imide groups is 1. The molecule has 3 amide bonds. The number of quaternary nitrogens is 1. The molecule has 2 fully saturated rings. The third-order valence-corrected chi connectivity index (χ3v) is 6.06. The van der Waals surface area contributed by atoms with Gasteiger partial charge in [0.05, 0.1) is 23.9 Å². The van der Waals surface area contributed by atoms with Gasteiger partial charge >= 0.3 is 5.91 Å². The number of hydrogen-bond acceptors (Lipinski definition) is 7. The van der Waals surface area contributed by atoms with Gasteiger partial charge in [-0.15, -0.1) is 12.4 Å². The average Bonchev–Trinajstić information content (AvgIpc) is 3.20. The van der Waals surface area contributed by atoms with Crippen molar-refractivity contribution in [2.45, 2.75) is 32.2 Å². The normalized spacial score (nSPS) is 23.8. The Kier molecular flexibility index (Phi) is 8.10. The number of rotatable bonds is 5. The zero-order chi connectivity index (χ0) is 21.9. The van der Waals surface area contributed by atoms with Crippen LogP contribution in [-0.2, 0) is 16.0 Å². The van der Waals surface area contributed by atoms with Crippen molar-refractivity contribution in [1.29, 1.82) is 0 Å². The van der Waals surface area contributed by atoms with Crippen LogP contribution in [0.15, 0.2) is 24.3 Å². The number of halogens is 1. The molecular weight excluding hydrogens is 428 g/mol. The third kappa shape index (κ3) is 5.38. The monoisotopic (exact) mass is 454 g/mol. The van der Waals surface area contributed by atoms with Crippen LogP contribution in [0.4, 0.5) is 10.5 Å². The first-order valence-electron chi connectivity index (χ1n) is 10.1. The van der Waals surface area contributed by atoms with Crippen LogP contribution in [0.2, 0.25) is 0 Å². The van der Waals surface area contributed by atoms with E-state index in [1.54, 1.807) is 11.0 Å². The van der Waals surface area contributed by atoms with E-state index < -0.39 is 27.4 Å². The molecule has 2 unspecified atom stereocenters. The lowest BCUT2D eigenvalue weighted by Crippen LogP contribution is -2.73. The summed E-state index contributed by atoms with van der Waals surface area (Å²) in [5, 5.41) is 23.1. The van der Waals surface area contributed by atoms with Gasteiger partial charge in [-0.25, -0.2) is 9.28 Å². The quantitative estimate of drug-likeness (QED) is 0.362. The van der Waals surface area contributed by atoms with E-state index >= 15 is 0 Å². The van der Waals surface area contributed by atoms with Crippen molar-refractivity contribution in [3.63, 3.8) is 0 Å². The standard InChI is InChI=1S/C20H26N4O6.ClH/c1-15(25)22-9-10-24(20(27)28,14-18(22)13-21-7-2-3-8-21)19(26)12-16-5-4-6-17(11-16)23(29)30;/h4-6,11,18H,2-3,7-10,12-14H2,1H3;1H. The van der Waals surface area contributed by atoms with E-state index in [9.17, 15) is 29.6 Å². The summed E-state index contributed by atoms with van der Waals surface area (Å²) in [6.45, 7) is 3.73. The highest BCUT2D eigenvalue weighted by atomic mass is 35.5. The number of nitrogens with zero attached hydrogens (tertiary/aromatic N) is 4. The fourth-order valence-corrected chi connectivity index (χ4v) is 4.44. The summed E-state index contributed by atoms with van der Waals surface area (Å²) in [6, 6.07) is 5.20. The molecule has 10 nitrogen and oxygen atoms in total. The lowest BCUT2D eigenvalue weighted by atomic mass is 10.0. The van der Waals surface area contributed by atoms with Crippen LogP contribution < -0.4 is 5.11 Å². The zero-order valence-corrected chi connectivity index (χ0v) is 18.2. The van der Waals surface area contributed by atoms with Crippen LogP contribution in [0.3, 0.4) is 0 Å². The maximum Gasteiger partial charge on any atom is 0.324 e. The Morgan fingerprint density at radius 1 is 1.19 bits per heavy atom. The molecule has 2 aliphatic heterocycles. The van der Waals surface area contributed by atoms with E-state index in [0.717, 1.165) is 25.9 Å². The van der Waals surface area contributed by atoms with Gasteiger partial charge in [0.1, 0.15) is 13.1 Å². The van der Waals surface area contributed by atoms with Gasteiger partial charge in [-0.2, -0.15) is 0 Å². The minimum Gasteiger partial charge on any atom is -0.498 e. The molecule has 0 aromatic heterocycles. The van der Waals surface area contributed by atoms with Gasteiger partial charge in [0.2, 0.25) is 5.91 Å². The van der Waals surface area contributed by atoms with Crippen LogP contribution in [0.5, 0.6) is 0 Å². The molecule has 0 spiro atoms. The van der Waals surface area contributed by atoms with Crippen LogP contribution in [-0.4, -0.2) is 82.4 Å². The van der Waals surface area contributed by atoms with Crippen molar-refractivity contribution in [3.05, 3.63) is 39.9 Å². The van der Waals surface area contributed by atoms with E-state index in [-0.39, 0.29) is 50.1 Å². The number of likely N-dealkylation sites (tertiary alicyclic amines) is 1. The number of nitro benzene ring substituents is 1. The summed E-state index contributed by atoms with van der Waals surface area (Å²) in [5.74, 6) is -0.744. The summed E-state index contributed by atoms with van der Waals surface area (Å²) in [7, 11) is 0. The van der Waals surface area contributed by atoms with Gasteiger partial charge in [0.25, 0.3) is 11.8 Å². The molecule has 0 radical (unpaired) electrons. The van der Waals surface area contributed by atoms with Crippen molar-refractivity contribution in [2.24, 2.45) is 0 Å². The Balaban J connectivity index is 0.00000341. The van der Waals surface area contributed by atoms with Crippen molar-refractivity contribution in [3.8, 4) is 0 Å². The maximum atomic E-state index is 13.1. The van der Waals surface area contributed by atoms with Gasteiger partial charge in [0, 0.05) is 25.6 Å². The number of piperazine rings is 1. The Morgan fingerprint density at radius 2 is 1.87 bits per heavy atom. The van der Waals surface area contributed by atoms with Crippen molar-refractivity contribution < 1.29 is 28.9 Å². The van der Waals surface area contributed by atoms with E-state index in [1.807, 2.05) is 0 Å². The Hall–Kier alpha value is -2.56. The second-order valence-corrected chi connectivity index (χ2v) is 8.01. The second kappa shape index (κ2) is 10.2. The summed E-state index contributed by atoms with van der Waals surface area (Å²) in [5.41, 5.74) is 0.214. The highest BCUT2D eigenvalue weighted by Gasteiger charge is 2.47. The molecule has 0 saturated carbocycles. The summed E-state index contributed by atoms with van der Waals surface area (Å²) in [4.78, 5) is 51.7. The molecule has 2 atom stereocenters. The highest BCUT2D eigenvalue weighted by molar-refractivity contribution is 5.85. The lowest BCUT2D eigenvalue weighted by molar-refractivity contribution is -0.812. The summed E-state index contributed by atoms with van der Waals surface area (Å²) in [6.07, 6.45) is 0.351. The van der Waals surface area contributed by atoms with Gasteiger partial charge in [-0.05, 0) is 31.5 Å². The Bertz CT molecular complexity index is 860. The lowest BCUT2D eigenvalue weighted by Gasteiger charge is -2.47. The van der Waals surface area contributed by atoms with E-state index in [0.29, 0.717) is 12.1 Å². The molecule has 31 heavy (non-hydrogen) atoms. The number of nitro groups is 1. The molecule has 1 aromatic carbocycles. The number of carboxylic acid groups (broad SMARTS) is 1. The summed E-state index contributed by atoms with van der Waals surface area (Å²) >= 11 is 0. The van der Waals surface area contributed by atoms with Crippen molar-refractivity contribution in [2.75, 3.05) is 39.3 Å². The first-order valence-corrected chi connectivity index (χ1v) is 10.1. The predicted molar refractivity (Wildman–Crippen MR) is 111 cm³/mol. The van der Waals surface area contributed by atoms with Gasteiger partial charge in [-0.1, -0.05) is 12.1 Å². The van der Waals surface area contributed by atoms with Crippen molar-refractivity contribution >= 4 is 36.0 Å². The number of non-ortho nitro benzene ring substituents is 1. The van der Waals surface area contributed by atoms with E-state index in [2.05, 4.69) is 4.90 Å². The number of hydrogen-bond donors (Lipinski definition) is 0. The third-order valence-electron chi connectivity index (χ3n) is 6.06. The number of carbonyl (C=O) groups excluding carboxylic acids is 3. The predicted octanol–water partition coefficient (Wildman–Crippen LogP) is 0.572. The average molecular weight is 455 g/mol. The van der Waals surface area contributed by atoms with Gasteiger partial charge in [-0.3, -0.25) is 14.9 Å². The molecule has 2 heterocycles. The largest absolute Gasteiger partial charge is 0.498 e. The van der Waals surface area contributed by atoms with Crippen LogP contribution >= 0.6 is 12.4 Å². The molecular formula is C20H27ClN4O6. The number of amides is 3. The smallest absolute Gasteiger partial charge is 0.324 e. The first kappa shape index (κ1) is 24.7. The fourth-order valence-electron chi connectivity index (χ4n) is 4.44. The van der Waals surface area contributed by atoms with Crippen LogP contribution in [0, 0.1) is 10.1 Å². The molecule has 3 rings (SSSR count). The molecule has 170 valence electrons. The molecule has 0 bridgehead atoms. The van der Waals surface area contributed by atoms with Gasteiger partial charge in [0.15, 0.2) is 0 Å². The SMILES string of the molecule is CC(=O)N1CC[N+](C(=O)[O-])(C(=O)Cc2cccc([N+](=O)[O-])c2)CC1CN1CCCC1.Cl. The Labute approximate surface area is 186 Å². The first-order chi connectivity index (χ1) is 14.2. The summed E-state index contributed by atoms with van der Waals surface area (Å²) < 4.78 is -0.884. The molecule has 2 saturated heterocycles. The topological polar surface area (TPSA) is 124 Å². The molecule has 11 heteroatoms. The number of benzene rings is 1. The molecule has 0 N–H and O–H groups in total. The minimum absolute atomic E-state index is 0. The maximum absolute atomic E-state index is 13.1.